The second kappa shape index (κ2) is 3.31. The van der Waals surface area contributed by atoms with Crippen LogP contribution >= 0.6 is 0 Å². The lowest BCUT2D eigenvalue weighted by atomic mass is 9.84. The molecule has 1 N–H and O–H groups in total. The number of hydrogen-bond acceptors (Lipinski definition) is 2. The van der Waals surface area contributed by atoms with Gasteiger partial charge in [0.15, 0.2) is 0 Å². The number of rotatable bonds is 2. The maximum atomic E-state index is 4.44. The lowest BCUT2D eigenvalue weighted by Crippen LogP contribution is -2.39. The summed E-state index contributed by atoms with van der Waals surface area (Å²) in [6.07, 6.45) is 7.46. The van der Waals surface area contributed by atoms with Crippen LogP contribution in [0.2, 0.25) is 0 Å². The molecule has 1 aliphatic carbocycles. The van der Waals surface area contributed by atoms with Crippen LogP contribution in [-0.4, -0.2) is 11.5 Å². The molecule has 0 bridgehead atoms. The van der Waals surface area contributed by atoms with Crippen molar-refractivity contribution >= 4 is 0 Å². The first kappa shape index (κ1) is 9.34. The van der Waals surface area contributed by atoms with Gasteiger partial charge in [0.1, 0.15) is 0 Å². The van der Waals surface area contributed by atoms with E-state index in [0.29, 0.717) is 0 Å². The van der Waals surface area contributed by atoms with E-state index in [2.05, 4.69) is 35.6 Å². The minimum Gasteiger partial charge on any atom is -0.307 e. The number of nitrogens with zero attached hydrogens (tertiary/aromatic N) is 1. The Kier molecular flexibility index (Phi) is 2.06. The molecule has 2 heteroatoms. The molecular formula is C13H18N2. The van der Waals surface area contributed by atoms with Gasteiger partial charge in [-0.3, -0.25) is 4.98 Å². The van der Waals surface area contributed by atoms with E-state index in [1.165, 1.54) is 37.8 Å². The highest BCUT2D eigenvalue weighted by atomic mass is 15.0. The van der Waals surface area contributed by atoms with Crippen LogP contribution in [0.3, 0.4) is 0 Å². The van der Waals surface area contributed by atoms with Crippen molar-refractivity contribution in [1.29, 1.82) is 0 Å². The zero-order chi connectivity index (χ0) is 10.3. The van der Waals surface area contributed by atoms with Gasteiger partial charge < -0.3 is 5.32 Å². The Morgan fingerprint density at radius 3 is 2.80 bits per heavy atom. The third kappa shape index (κ3) is 1.48. The van der Waals surface area contributed by atoms with E-state index >= 15 is 0 Å². The van der Waals surface area contributed by atoms with Crippen molar-refractivity contribution in [3.63, 3.8) is 0 Å². The van der Waals surface area contributed by atoms with Gasteiger partial charge in [0.25, 0.3) is 0 Å². The van der Waals surface area contributed by atoms with Crippen LogP contribution in [0.25, 0.3) is 0 Å². The first-order valence-corrected chi connectivity index (χ1v) is 5.99. The molecule has 1 atom stereocenters. The van der Waals surface area contributed by atoms with Crippen LogP contribution < -0.4 is 5.32 Å². The predicted molar refractivity (Wildman–Crippen MR) is 60.6 cm³/mol. The fourth-order valence-corrected chi connectivity index (χ4v) is 2.91. The molecule has 2 nitrogen and oxygen atoms in total. The van der Waals surface area contributed by atoms with Crippen molar-refractivity contribution in [2.75, 3.05) is 6.54 Å². The van der Waals surface area contributed by atoms with Crippen molar-refractivity contribution in [1.82, 2.24) is 10.3 Å². The van der Waals surface area contributed by atoms with Crippen molar-refractivity contribution < 1.29 is 0 Å². The molecule has 1 aromatic rings. The maximum Gasteiger partial charge on any atom is 0.0478 e. The van der Waals surface area contributed by atoms with Gasteiger partial charge in [-0.2, -0.15) is 0 Å². The van der Waals surface area contributed by atoms with E-state index in [0.717, 1.165) is 11.6 Å². The summed E-state index contributed by atoms with van der Waals surface area (Å²) in [5.74, 6) is 0.865. The molecule has 1 aromatic heterocycles. The molecule has 2 aliphatic rings. The third-order valence-electron chi connectivity index (χ3n) is 3.89. The Hall–Kier alpha value is -0.890. The molecule has 0 amide bonds. The van der Waals surface area contributed by atoms with Gasteiger partial charge in [-0.15, -0.1) is 0 Å². The lowest BCUT2D eigenvalue weighted by molar-refractivity contribution is 0.335. The van der Waals surface area contributed by atoms with Crippen molar-refractivity contribution in [3.8, 4) is 0 Å². The molecule has 1 saturated heterocycles. The SMILES string of the molecule is Cc1ccc(C2(C3CC3)CCCN2)cn1. The van der Waals surface area contributed by atoms with E-state index in [1.807, 2.05) is 0 Å². The molecule has 3 rings (SSSR count). The number of aryl methyl sites for hydroxylation is 1. The molecule has 1 saturated carbocycles. The Labute approximate surface area is 91.1 Å². The van der Waals surface area contributed by atoms with Crippen molar-refractivity contribution in [3.05, 3.63) is 29.6 Å². The molecule has 2 heterocycles. The monoisotopic (exact) mass is 202 g/mol. The zero-order valence-corrected chi connectivity index (χ0v) is 9.29. The van der Waals surface area contributed by atoms with E-state index in [9.17, 15) is 0 Å². The van der Waals surface area contributed by atoms with Crippen LogP contribution in [0.1, 0.15) is 36.9 Å². The maximum absolute atomic E-state index is 4.44. The second-order valence-electron chi connectivity index (χ2n) is 4.96. The Morgan fingerprint density at radius 1 is 1.40 bits per heavy atom. The summed E-state index contributed by atoms with van der Waals surface area (Å²) < 4.78 is 0. The van der Waals surface area contributed by atoms with E-state index in [1.54, 1.807) is 0 Å². The number of hydrogen-bond donors (Lipinski definition) is 1. The van der Waals surface area contributed by atoms with E-state index in [4.69, 9.17) is 0 Å². The van der Waals surface area contributed by atoms with Crippen LogP contribution in [-0.2, 0) is 5.54 Å². The van der Waals surface area contributed by atoms with Gasteiger partial charge >= 0.3 is 0 Å². The van der Waals surface area contributed by atoms with Crippen molar-refractivity contribution in [2.24, 2.45) is 5.92 Å². The quantitative estimate of drug-likeness (QED) is 0.796. The Morgan fingerprint density at radius 2 is 2.27 bits per heavy atom. The second-order valence-corrected chi connectivity index (χ2v) is 4.96. The number of nitrogens with one attached hydrogen (secondary N) is 1. The van der Waals surface area contributed by atoms with Crippen LogP contribution in [0.15, 0.2) is 18.3 Å². The summed E-state index contributed by atoms with van der Waals surface area (Å²) in [7, 11) is 0. The van der Waals surface area contributed by atoms with Crippen LogP contribution in [0.5, 0.6) is 0 Å². The summed E-state index contributed by atoms with van der Waals surface area (Å²) in [6.45, 7) is 3.22. The van der Waals surface area contributed by atoms with Crippen molar-refractivity contribution in [2.45, 2.75) is 38.1 Å². The first-order valence-electron chi connectivity index (χ1n) is 5.99. The fourth-order valence-electron chi connectivity index (χ4n) is 2.91. The van der Waals surface area contributed by atoms with E-state index < -0.39 is 0 Å². The summed E-state index contributed by atoms with van der Waals surface area (Å²) in [5, 5.41) is 3.73. The zero-order valence-electron chi connectivity index (χ0n) is 9.29. The topological polar surface area (TPSA) is 24.9 Å². The molecule has 1 aliphatic heterocycles. The van der Waals surface area contributed by atoms with Gasteiger partial charge in [0.2, 0.25) is 0 Å². The molecule has 80 valence electrons. The van der Waals surface area contributed by atoms with Crippen LogP contribution in [0, 0.1) is 12.8 Å². The van der Waals surface area contributed by atoms with E-state index in [-0.39, 0.29) is 5.54 Å². The molecule has 0 aromatic carbocycles. The van der Waals surface area contributed by atoms with Gasteiger partial charge in [0, 0.05) is 17.4 Å². The molecule has 1 unspecified atom stereocenters. The van der Waals surface area contributed by atoms with Gasteiger partial charge in [0.05, 0.1) is 0 Å². The summed E-state index contributed by atoms with van der Waals surface area (Å²) >= 11 is 0. The first-order chi connectivity index (χ1) is 7.31. The standard InChI is InChI=1S/C13H18N2/c1-10-3-4-12(9-14-10)13(11-5-6-11)7-2-8-15-13/h3-4,9,11,15H,2,5-8H2,1H3. The smallest absolute Gasteiger partial charge is 0.0478 e. The lowest BCUT2D eigenvalue weighted by Gasteiger charge is -2.30. The van der Waals surface area contributed by atoms with Gasteiger partial charge in [-0.1, -0.05) is 6.07 Å². The normalized spacial score (nSPS) is 30.7. The third-order valence-corrected chi connectivity index (χ3v) is 3.89. The highest BCUT2D eigenvalue weighted by molar-refractivity contribution is 5.27. The summed E-state index contributed by atoms with van der Waals surface area (Å²) in [5.41, 5.74) is 2.80. The summed E-state index contributed by atoms with van der Waals surface area (Å²) in [4.78, 5) is 4.44. The Balaban J connectivity index is 1.97. The van der Waals surface area contributed by atoms with Gasteiger partial charge in [-0.05, 0) is 56.7 Å². The molecule has 0 radical (unpaired) electrons. The molecule has 0 spiro atoms. The average Bonchev–Trinajstić information content (AvgIpc) is 3.00. The number of aromatic nitrogens is 1. The number of pyridine rings is 1. The highest BCUT2D eigenvalue weighted by Gasteiger charge is 2.47. The molecular weight excluding hydrogens is 184 g/mol. The molecule has 2 fully saturated rings. The fraction of sp³-hybridized carbons (Fsp3) is 0.615. The predicted octanol–water partition coefficient (Wildman–Crippen LogP) is 2.38. The minimum absolute atomic E-state index is 0.278. The minimum atomic E-state index is 0.278. The average molecular weight is 202 g/mol. The summed E-state index contributed by atoms with van der Waals surface area (Å²) in [6, 6.07) is 4.40. The molecule has 15 heavy (non-hydrogen) atoms. The largest absolute Gasteiger partial charge is 0.307 e. The highest BCUT2D eigenvalue weighted by Crippen LogP contribution is 2.49. The van der Waals surface area contributed by atoms with Gasteiger partial charge in [-0.25, -0.2) is 0 Å². The van der Waals surface area contributed by atoms with Crippen LogP contribution in [0.4, 0.5) is 0 Å². The Bertz CT molecular complexity index is 345.